The van der Waals surface area contributed by atoms with Gasteiger partial charge in [-0.1, -0.05) is 17.7 Å². The summed E-state index contributed by atoms with van der Waals surface area (Å²) < 4.78 is 0. The van der Waals surface area contributed by atoms with Gasteiger partial charge in [-0.2, -0.15) is 0 Å². The molecule has 1 fully saturated rings. The third-order valence-electron chi connectivity index (χ3n) is 3.03. The molecule has 1 aromatic carbocycles. The molecule has 1 aliphatic rings. The van der Waals surface area contributed by atoms with Crippen molar-refractivity contribution < 1.29 is 19.5 Å². The Balaban J connectivity index is 2.25. The maximum atomic E-state index is 12.4. The van der Waals surface area contributed by atoms with Gasteiger partial charge in [0.15, 0.2) is 0 Å². The van der Waals surface area contributed by atoms with E-state index in [9.17, 15) is 14.4 Å². The van der Waals surface area contributed by atoms with Crippen LogP contribution in [0.25, 0.3) is 0 Å². The molecule has 0 saturated carbocycles. The minimum Gasteiger partial charge on any atom is -0.481 e. The van der Waals surface area contributed by atoms with E-state index in [1.807, 2.05) is 0 Å². The normalized spacial score (nSPS) is 18.6. The van der Waals surface area contributed by atoms with Crippen LogP contribution in [0.4, 0.5) is 0 Å². The number of aliphatic carboxylic acids is 1. The standard InChI is InChI=1S/C13H13ClN2O4/c14-9-3-1-2-8(6-9)13(20)16-5-4-15-12(19)10(16)7-11(17)18/h1-3,6,10H,4-5,7H2,(H,15,19)(H,17,18). The maximum Gasteiger partial charge on any atom is 0.305 e. The lowest BCUT2D eigenvalue weighted by atomic mass is 10.1. The predicted octanol–water partition coefficient (Wildman–Crippen LogP) is 0.755. The van der Waals surface area contributed by atoms with Gasteiger partial charge in [0.2, 0.25) is 5.91 Å². The van der Waals surface area contributed by atoms with E-state index < -0.39 is 30.2 Å². The van der Waals surface area contributed by atoms with Gasteiger partial charge < -0.3 is 15.3 Å². The lowest BCUT2D eigenvalue weighted by molar-refractivity contribution is -0.142. The number of carboxylic acid groups (broad SMARTS) is 1. The summed E-state index contributed by atoms with van der Waals surface area (Å²) >= 11 is 5.83. The maximum absolute atomic E-state index is 12.4. The Morgan fingerprint density at radius 2 is 2.20 bits per heavy atom. The number of benzene rings is 1. The monoisotopic (exact) mass is 296 g/mol. The van der Waals surface area contributed by atoms with Crippen molar-refractivity contribution in [3.8, 4) is 0 Å². The van der Waals surface area contributed by atoms with Crippen molar-refractivity contribution in [3.05, 3.63) is 34.9 Å². The van der Waals surface area contributed by atoms with E-state index in [-0.39, 0.29) is 6.54 Å². The molecule has 0 aromatic heterocycles. The molecule has 106 valence electrons. The first kappa shape index (κ1) is 14.3. The van der Waals surface area contributed by atoms with Crippen LogP contribution in [0.15, 0.2) is 24.3 Å². The zero-order valence-corrected chi connectivity index (χ0v) is 11.3. The number of carboxylic acids is 1. The van der Waals surface area contributed by atoms with Crippen molar-refractivity contribution in [2.45, 2.75) is 12.5 Å². The molecule has 0 radical (unpaired) electrons. The smallest absolute Gasteiger partial charge is 0.305 e. The Labute approximate surface area is 120 Å². The molecule has 0 aliphatic carbocycles. The third kappa shape index (κ3) is 3.08. The summed E-state index contributed by atoms with van der Waals surface area (Å²) in [7, 11) is 0. The fourth-order valence-corrected chi connectivity index (χ4v) is 2.30. The van der Waals surface area contributed by atoms with E-state index in [1.165, 1.54) is 11.0 Å². The molecule has 7 heteroatoms. The number of halogens is 1. The van der Waals surface area contributed by atoms with E-state index in [0.717, 1.165) is 0 Å². The summed E-state index contributed by atoms with van der Waals surface area (Å²) in [6.07, 6.45) is -0.419. The fraction of sp³-hybridized carbons (Fsp3) is 0.308. The van der Waals surface area contributed by atoms with Gasteiger partial charge in [0.1, 0.15) is 6.04 Å². The number of piperazine rings is 1. The molecule has 1 saturated heterocycles. The summed E-state index contributed by atoms with van der Waals surface area (Å²) in [6, 6.07) is 5.35. The van der Waals surface area contributed by atoms with E-state index >= 15 is 0 Å². The third-order valence-corrected chi connectivity index (χ3v) is 3.27. The van der Waals surface area contributed by atoms with Crippen molar-refractivity contribution in [3.63, 3.8) is 0 Å². The summed E-state index contributed by atoms with van der Waals surface area (Å²) in [5.74, 6) is -1.97. The average Bonchev–Trinajstić information content (AvgIpc) is 2.40. The predicted molar refractivity (Wildman–Crippen MR) is 71.5 cm³/mol. The molecule has 1 aliphatic heterocycles. The van der Waals surface area contributed by atoms with Gasteiger partial charge in [-0.3, -0.25) is 14.4 Å². The van der Waals surface area contributed by atoms with E-state index in [4.69, 9.17) is 16.7 Å². The first-order valence-electron chi connectivity index (χ1n) is 6.05. The largest absolute Gasteiger partial charge is 0.481 e. The average molecular weight is 297 g/mol. The highest BCUT2D eigenvalue weighted by atomic mass is 35.5. The molecule has 6 nitrogen and oxygen atoms in total. The zero-order valence-electron chi connectivity index (χ0n) is 10.5. The summed E-state index contributed by atoms with van der Waals surface area (Å²) in [5, 5.41) is 11.8. The van der Waals surface area contributed by atoms with Crippen LogP contribution in [0.3, 0.4) is 0 Å². The van der Waals surface area contributed by atoms with Gasteiger partial charge in [0.05, 0.1) is 6.42 Å². The highest BCUT2D eigenvalue weighted by Gasteiger charge is 2.35. The lowest BCUT2D eigenvalue weighted by Crippen LogP contribution is -2.57. The molecular weight excluding hydrogens is 284 g/mol. The number of nitrogens with zero attached hydrogens (tertiary/aromatic N) is 1. The number of rotatable bonds is 3. The number of hydrogen-bond acceptors (Lipinski definition) is 3. The molecule has 2 rings (SSSR count). The minimum atomic E-state index is -1.13. The second-order valence-electron chi connectivity index (χ2n) is 4.41. The van der Waals surface area contributed by atoms with Crippen molar-refractivity contribution in [1.29, 1.82) is 0 Å². The van der Waals surface area contributed by atoms with Gasteiger partial charge in [-0.15, -0.1) is 0 Å². The van der Waals surface area contributed by atoms with Crippen molar-refractivity contribution in [1.82, 2.24) is 10.2 Å². The van der Waals surface area contributed by atoms with E-state index in [0.29, 0.717) is 17.1 Å². The second-order valence-corrected chi connectivity index (χ2v) is 4.85. The van der Waals surface area contributed by atoms with Crippen LogP contribution in [-0.4, -0.2) is 46.9 Å². The second kappa shape index (κ2) is 5.92. The van der Waals surface area contributed by atoms with Crippen molar-refractivity contribution in [2.75, 3.05) is 13.1 Å². The molecule has 2 N–H and O–H groups in total. The molecule has 20 heavy (non-hydrogen) atoms. The molecule has 1 aromatic rings. The number of hydrogen-bond donors (Lipinski definition) is 2. The summed E-state index contributed by atoms with van der Waals surface area (Å²) in [4.78, 5) is 36.2. The summed E-state index contributed by atoms with van der Waals surface area (Å²) in [6.45, 7) is 0.580. The SMILES string of the molecule is O=C(O)CC1C(=O)NCCN1C(=O)c1cccc(Cl)c1. The first-order valence-corrected chi connectivity index (χ1v) is 6.43. The number of nitrogens with one attached hydrogen (secondary N) is 1. The fourth-order valence-electron chi connectivity index (χ4n) is 2.11. The Kier molecular flexibility index (Phi) is 4.24. The highest BCUT2D eigenvalue weighted by molar-refractivity contribution is 6.31. The summed E-state index contributed by atoms with van der Waals surface area (Å²) in [5.41, 5.74) is 0.336. The van der Waals surface area contributed by atoms with Crippen LogP contribution in [0.5, 0.6) is 0 Å². The Morgan fingerprint density at radius 3 is 2.85 bits per heavy atom. The molecule has 1 unspecified atom stereocenters. The minimum absolute atomic E-state index is 0.273. The van der Waals surface area contributed by atoms with E-state index in [2.05, 4.69) is 5.32 Å². The van der Waals surface area contributed by atoms with Gasteiger partial charge in [-0.05, 0) is 18.2 Å². The molecule has 1 atom stereocenters. The van der Waals surface area contributed by atoms with Crippen molar-refractivity contribution >= 4 is 29.4 Å². The Hall–Kier alpha value is -2.08. The van der Waals surface area contributed by atoms with Crippen LogP contribution in [0.1, 0.15) is 16.8 Å². The number of amides is 2. The zero-order chi connectivity index (χ0) is 14.7. The van der Waals surface area contributed by atoms with Gasteiger partial charge in [0, 0.05) is 23.7 Å². The van der Waals surface area contributed by atoms with Crippen LogP contribution >= 0.6 is 11.6 Å². The molecule has 1 heterocycles. The van der Waals surface area contributed by atoms with E-state index in [1.54, 1.807) is 18.2 Å². The highest BCUT2D eigenvalue weighted by Crippen LogP contribution is 2.17. The molecular formula is C13H13ClN2O4. The van der Waals surface area contributed by atoms with Crippen LogP contribution in [0.2, 0.25) is 5.02 Å². The molecule has 0 bridgehead atoms. The van der Waals surface area contributed by atoms with Crippen molar-refractivity contribution in [2.24, 2.45) is 0 Å². The first-order chi connectivity index (χ1) is 9.49. The van der Waals surface area contributed by atoms with Crippen LogP contribution in [0, 0.1) is 0 Å². The van der Waals surface area contributed by atoms with Crippen LogP contribution in [-0.2, 0) is 9.59 Å². The van der Waals surface area contributed by atoms with Gasteiger partial charge >= 0.3 is 5.97 Å². The Morgan fingerprint density at radius 1 is 1.45 bits per heavy atom. The van der Waals surface area contributed by atoms with Gasteiger partial charge in [0.25, 0.3) is 5.91 Å². The lowest BCUT2D eigenvalue weighted by Gasteiger charge is -2.34. The number of carbonyl (C=O) groups is 3. The molecule has 2 amide bonds. The Bertz CT molecular complexity index is 561. The number of carbonyl (C=O) groups excluding carboxylic acids is 2. The van der Waals surface area contributed by atoms with Gasteiger partial charge in [-0.25, -0.2) is 0 Å². The van der Waals surface area contributed by atoms with Crippen LogP contribution < -0.4 is 5.32 Å². The molecule has 0 spiro atoms. The topological polar surface area (TPSA) is 86.7 Å². The quantitative estimate of drug-likeness (QED) is 0.862.